The molecule has 1 aliphatic heterocycles. The second-order valence-electron chi connectivity index (χ2n) is 5.60. The summed E-state index contributed by atoms with van der Waals surface area (Å²) in [5.41, 5.74) is -0.805. The van der Waals surface area contributed by atoms with E-state index in [0.29, 0.717) is 38.5 Å². The second-order valence-corrected chi connectivity index (χ2v) is 7.76. The summed E-state index contributed by atoms with van der Waals surface area (Å²) in [7, 11) is 1.47. The number of fused-ring (bicyclic) bond motifs is 1. The highest BCUT2D eigenvalue weighted by molar-refractivity contribution is 7.99. The van der Waals surface area contributed by atoms with Crippen LogP contribution in [0.2, 0.25) is 0 Å². The lowest BCUT2D eigenvalue weighted by Gasteiger charge is -2.24. The number of aliphatic carboxylic acids is 1. The van der Waals surface area contributed by atoms with Gasteiger partial charge < -0.3 is 15.2 Å². The van der Waals surface area contributed by atoms with Crippen LogP contribution >= 0.6 is 23.1 Å². The minimum atomic E-state index is -1.26. The fourth-order valence-electron chi connectivity index (χ4n) is 2.79. The van der Waals surface area contributed by atoms with Crippen molar-refractivity contribution in [1.29, 1.82) is 0 Å². The molecule has 8 heteroatoms. The van der Waals surface area contributed by atoms with Gasteiger partial charge in [0.25, 0.3) is 5.91 Å². The fourth-order valence-corrected chi connectivity index (χ4v) is 5.24. The number of amides is 1. The van der Waals surface area contributed by atoms with Crippen LogP contribution in [0.15, 0.2) is 18.2 Å². The van der Waals surface area contributed by atoms with Crippen molar-refractivity contribution in [3.05, 3.63) is 34.5 Å². The number of carbonyl (C=O) groups excluding carboxylic acids is 1. The van der Waals surface area contributed by atoms with E-state index in [0.717, 1.165) is 11.3 Å². The average Bonchev–Trinajstić information content (AvgIpc) is 3.14. The zero-order valence-corrected chi connectivity index (χ0v) is 14.6. The summed E-state index contributed by atoms with van der Waals surface area (Å²) in [5.74, 6) is -0.945. The van der Waals surface area contributed by atoms with Gasteiger partial charge in [0.2, 0.25) is 0 Å². The summed E-state index contributed by atoms with van der Waals surface area (Å²) in [6.07, 6.45) is 0.373. The van der Waals surface area contributed by atoms with Crippen LogP contribution in [0.1, 0.15) is 21.7 Å². The van der Waals surface area contributed by atoms with Crippen LogP contribution in [0.3, 0.4) is 0 Å². The Bertz CT molecular complexity index is 799. The van der Waals surface area contributed by atoms with E-state index < -0.39 is 23.2 Å². The number of nitrogens with one attached hydrogen (secondary N) is 1. The third-order valence-corrected chi connectivity index (χ3v) is 6.43. The van der Waals surface area contributed by atoms with E-state index in [4.69, 9.17) is 4.74 Å². The number of carboxylic acids is 1. The molecule has 1 saturated heterocycles. The van der Waals surface area contributed by atoms with E-state index in [1.807, 2.05) is 0 Å². The maximum absolute atomic E-state index is 14.2. The maximum Gasteiger partial charge on any atom is 0.330 e. The van der Waals surface area contributed by atoms with Crippen molar-refractivity contribution in [2.24, 2.45) is 0 Å². The van der Waals surface area contributed by atoms with Crippen molar-refractivity contribution in [2.75, 3.05) is 18.6 Å². The Balaban J connectivity index is 2.02. The van der Waals surface area contributed by atoms with Gasteiger partial charge in [-0.3, -0.25) is 4.79 Å². The van der Waals surface area contributed by atoms with Crippen LogP contribution in [-0.2, 0) is 16.1 Å². The first kappa shape index (κ1) is 17.2. The number of hydrogen-bond acceptors (Lipinski definition) is 5. The minimum absolute atomic E-state index is 0.0819. The Labute approximate surface area is 146 Å². The third-order valence-electron chi connectivity index (χ3n) is 4.04. The molecule has 0 radical (unpaired) electrons. The summed E-state index contributed by atoms with van der Waals surface area (Å²) in [6, 6.07) is 4.65. The smallest absolute Gasteiger partial charge is 0.330 e. The summed E-state index contributed by atoms with van der Waals surface area (Å²) < 4.78 is 19.9. The molecule has 1 aliphatic rings. The molecule has 0 aliphatic carbocycles. The monoisotopic (exact) mass is 369 g/mol. The minimum Gasteiger partial charge on any atom is -0.479 e. The van der Waals surface area contributed by atoms with Crippen molar-refractivity contribution >= 4 is 45.1 Å². The molecule has 0 spiro atoms. The number of benzene rings is 1. The van der Waals surface area contributed by atoms with E-state index in [1.165, 1.54) is 24.9 Å². The first-order valence-electron chi connectivity index (χ1n) is 7.31. The highest BCUT2D eigenvalue weighted by atomic mass is 32.2. The molecule has 1 aromatic heterocycles. The molecule has 0 bridgehead atoms. The van der Waals surface area contributed by atoms with Crippen LogP contribution in [-0.4, -0.2) is 41.1 Å². The van der Waals surface area contributed by atoms with Gasteiger partial charge in [-0.25, -0.2) is 9.18 Å². The average molecular weight is 369 g/mol. The molecule has 5 nitrogen and oxygen atoms in total. The number of methoxy groups -OCH3 is 1. The SMILES string of the molecule is COCc1c(C(=O)NC2(C(=O)O)CCSC2)sc2cccc(F)c12. The molecule has 0 saturated carbocycles. The van der Waals surface area contributed by atoms with Gasteiger partial charge in [-0.1, -0.05) is 6.07 Å². The van der Waals surface area contributed by atoms with Crippen LogP contribution in [0.5, 0.6) is 0 Å². The van der Waals surface area contributed by atoms with Crippen LogP contribution in [0.25, 0.3) is 10.1 Å². The van der Waals surface area contributed by atoms with E-state index in [-0.39, 0.29) is 6.61 Å². The normalized spacial score (nSPS) is 20.4. The van der Waals surface area contributed by atoms with Gasteiger partial charge >= 0.3 is 5.97 Å². The van der Waals surface area contributed by atoms with Gasteiger partial charge in [-0.05, 0) is 24.3 Å². The molecule has 24 heavy (non-hydrogen) atoms. The lowest BCUT2D eigenvalue weighted by atomic mass is 9.99. The quantitative estimate of drug-likeness (QED) is 0.848. The summed E-state index contributed by atoms with van der Waals surface area (Å²) in [6.45, 7) is 0.0819. The Hall–Kier alpha value is -1.64. The molecule has 3 rings (SSSR count). The molecule has 1 atom stereocenters. The number of thioether (sulfide) groups is 1. The van der Waals surface area contributed by atoms with Crippen LogP contribution in [0, 0.1) is 5.82 Å². The molecule has 128 valence electrons. The lowest BCUT2D eigenvalue weighted by Crippen LogP contribution is -2.54. The van der Waals surface area contributed by atoms with E-state index in [1.54, 1.807) is 12.1 Å². The number of thiophene rings is 1. The Morgan fingerprint density at radius 1 is 1.46 bits per heavy atom. The maximum atomic E-state index is 14.2. The van der Waals surface area contributed by atoms with Gasteiger partial charge in [-0.2, -0.15) is 11.8 Å². The lowest BCUT2D eigenvalue weighted by molar-refractivity contribution is -0.143. The summed E-state index contributed by atoms with van der Waals surface area (Å²) in [4.78, 5) is 24.7. The van der Waals surface area contributed by atoms with Gasteiger partial charge in [0.15, 0.2) is 0 Å². The Kier molecular flexibility index (Phi) is 4.80. The summed E-state index contributed by atoms with van der Waals surface area (Å²) in [5, 5.41) is 12.5. The number of ether oxygens (including phenoxy) is 1. The molecule has 1 aromatic carbocycles. The van der Waals surface area contributed by atoms with E-state index >= 15 is 0 Å². The van der Waals surface area contributed by atoms with Gasteiger partial charge in [0, 0.05) is 28.5 Å². The number of carbonyl (C=O) groups is 2. The number of hydrogen-bond donors (Lipinski definition) is 2. The van der Waals surface area contributed by atoms with E-state index in [9.17, 15) is 19.1 Å². The molecule has 2 heterocycles. The molecule has 2 N–H and O–H groups in total. The fraction of sp³-hybridized carbons (Fsp3) is 0.375. The van der Waals surface area contributed by atoms with Crippen LogP contribution in [0.4, 0.5) is 4.39 Å². The first-order chi connectivity index (χ1) is 11.5. The van der Waals surface area contributed by atoms with Crippen molar-refractivity contribution in [2.45, 2.75) is 18.6 Å². The molecular formula is C16H16FNO4S2. The Morgan fingerprint density at radius 3 is 2.88 bits per heavy atom. The predicted molar refractivity (Wildman–Crippen MR) is 92.3 cm³/mol. The Morgan fingerprint density at radius 2 is 2.25 bits per heavy atom. The van der Waals surface area contributed by atoms with E-state index in [2.05, 4.69) is 5.32 Å². The zero-order valence-electron chi connectivity index (χ0n) is 12.9. The van der Waals surface area contributed by atoms with Gasteiger partial charge in [-0.15, -0.1) is 11.3 Å². The number of halogens is 1. The topological polar surface area (TPSA) is 75.6 Å². The largest absolute Gasteiger partial charge is 0.479 e. The molecule has 2 aromatic rings. The third kappa shape index (κ3) is 2.89. The standard InChI is InChI=1S/C16H16FNO4S2/c1-22-7-9-12-10(17)3-2-4-11(12)24-13(9)14(19)18-16(15(20)21)5-6-23-8-16/h2-4H,5-8H2,1H3,(H,18,19)(H,20,21). The van der Waals surface area contributed by atoms with Crippen molar-refractivity contribution in [1.82, 2.24) is 5.32 Å². The highest BCUT2D eigenvalue weighted by Gasteiger charge is 2.44. The van der Waals surface area contributed by atoms with Crippen molar-refractivity contribution in [3.8, 4) is 0 Å². The van der Waals surface area contributed by atoms with Crippen LogP contribution < -0.4 is 5.32 Å². The number of carboxylic acid groups (broad SMARTS) is 1. The molecule has 1 amide bonds. The predicted octanol–water partition coefficient (Wildman–Crippen LogP) is 2.88. The second kappa shape index (κ2) is 6.70. The molecular weight excluding hydrogens is 353 g/mol. The van der Waals surface area contributed by atoms with Gasteiger partial charge in [0.05, 0.1) is 11.5 Å². The molecule has 1 unspecified atom stereocenters. The zero-order chi connectivity index (χ0) is 17.3. The van der Waals surface area contributed by atoms with Crippen molar-refractivity contribution < 1.29 is 23.8 Å². The molecule has 1 fully saturated rings. The van der Waals surface area contributed by atoms with Crippen molar-refractivity contribution in [3.63, 3.8) is 0 Å². The number of rotatable bonds is 5. The highest BCUT2D eigenvalue weighted by Crippen LogP contribution is 2.35. The first-order valence-corrected chi connectivity index (χ1v) is 9.28. The van der Waals surface area contributed by atoms with Gasteiger partial charge in [0.1, 0.15) is 11.4 Å². The summed E-state index contributed by atoms with van der Waals surface area (Å²) >= 11 is 2.64.